The molecule has 0 bridgehead atoms. The van der Waals surface area contributed by atoms with E-state index in [4.69, 9.17) is 0 Å². The van der Waals surface area contributed by atoms with E-state index in [0.29, 0.717) is 0 Å². The van der Waals surface area contributed by atoms with E-state index in [2.05, 4.69) is 38.2 Å². The topological polar surface area (TPSA) is 0 Å². The molecule has 2 aliphatic carbocycles. The van der Waals surface area contributed by atoms with Gasteiger partial charge in [-0.25, -0.2) is 5.57 Å². The van der Waals surface area contributed by atoms with Gasteiger partial charge in [-0.15, -0.1) is 12.0 Å². The molecule has 0 atom stereocenters. The minimum absolute atomic E-state index is 0. The summed E-state index contributed by atoms with van der Waals surface area (Å²) in [6.45, 7) is 4.47. The average Bonchev–Trinajstić information content (AvgIpc) is 2.82. The maximum atomic E-state index is 3.50. The summed E-state index contributed by atoms with van der Waals surface area (Å²) in [5, 5.41) is 0. The van der Waals surface area contributed by atoms with Crippen LogP contribution in [0.5, 0.6) is 0 Å². The van der Waals surface area contributed by atoms with Crippen molar-refractivity contribution in [1.82, 2.24) is 0 Å². The molecule has 0 aromatic heterocycles. The molecule has 100 valence electrons. The van der Waals surface area contributed by atoms with Gasteiger partial charge in [0.1, 0.15) is 0 Å². The van der Waals surface area contributed by atoms with Crippen LogP contribution in [0.2, 0.25) is 0 Å². The SMILES string of the molecule is CCCCC1=[C-]CC=C1C1=C(C)C=CC1.[Cl-].[Cl-].[Hf]. The molecule has 0 spiro atoms. The van der Waals surface area contributed by atoms with Crippen LogP contribution in [0.3, 0.4) is 0 Å². The molecule has 0 radical (unpaired) electrons. The Bertz CT molecular complexity index is 376. The molecule has 0 amide bonds. The van der Waals surface area contributed by atoms with Crippen LogP contribution in [0.4, 0.5) is 0 Å². The Hall–Kier alpha value is 0.410. The van der Waals surface area contributed by atoms with E-state index in [-0.39, 0.29) is 50.7 Å². The molecule has 0 unspecified atom stereocenters. The van der Waals surface area contributed by atoms with Crippen molar-refractivity contribution in [2.45, 2.75) is 46.0 Å². The van der Waals surface area contributed by atoms with Crippen LogP contribution in [0.15, 0.2) is 40.5 Å². The summed E-state index contributed by atoms with van der Waals surface area (Å²) in [4.78, 5) is 0. The van der Waals surface area contributed by atoms with Gasteiger partial charge in [-0.3, -0.25) is 6.08 Å². The van der Waals surface area contributed by atoms with E-state index >= 15 is 0 Å². The first kappa shape index (κ1) is 20.7. The van der Waals surface area contributed by atoms with Crippen LogP contribution in [-0.4, -0.2) is 0 Å². The van der Waals surface area contributed by atoms with Crippen molar-refractivity contribution < 1.29 is 50.7 Å². The van der Waals surface area contributed by atoms with E-state index in [1.807, 2.05) is 0 Å². The molecule has 18 heavy (non-hydrogen) atoms. The van der Waals surface area contributed by atoms with Gasteiger partial charge in [0, 0.05) is 25.8 Å². The molecular formula is C15H19Cl2Hf-3. The first-order valence-electron chi connectivity index (χ1n) is 5.99. The number of rotatable bonds is 4. The molecule has 0 aliphatic heterocycles. The smallest absolute Gasteiger partial charge is 0 e. The monoisotopic (exact) mass is 449 g/mol. The molecule has 0 aromatic rings. The molecule has 0 N–H and O–H groups in total. The van der Waals surface area contributed by atoms with Crippen LogP contribution in [-0.2, 0) is 25.8 Å². The Morgan fingerprint density at radius 3 is 2.56 bits per heavy atom. The number of halogens is 2. The summed E-state index contributed by atoms with van der Waals surface area (Å²) < 4.78 is 0. The van der Waals surface area contributed by atoms with Crippen molar-refractivity contribution in [3.63, 3.8) is 0 Å². The quantitative estimate of drug-likeness (QED) is 0.364. The Kier molecular flexibility index (Phi) is 11.8. The Morgan fingerprint density at radius 1 is 1.28 bits per heavy atom. The van der Waals surface area contributed by atoms with Crippen molar-refractivity contribution in [2.24, 2.45) is 0 Å². The third kappa shape index (κ3) is 4.83. The number of allylic oxidation sites excluding steroid dienone is 8. The zero-order chi connectivity index (χ0) is 10.7. The molecule has 0 saturated heterocycles. The van der Waals surface area contributed by atoms with Crippen LogP contribution in [0.1, 0.15) is 46.0 Å². The van der Waals surface area contributed by atoms with Gasteiger partial charge in [-0.2, -0.15) is 11.6 Å². The van der Waals surface area contributed by atoms with E-state index in [1.54, 1.807) is 0 Å². The normalized spacial score (nSPS) is 16.6. The fraction of sp³-hybridized carbons (Fsp3) is 0.467. The Labute approximate surface area is 142 Å². The van der Waals surface area contributed by atoms with Crippen LogP contribution >= 0.6 is 0 Å². The van der Waals surface area contributed by atoms with Crippen molar-refractivity contribution in [1.29, 1.82) is 0 Å². The van der Waals surface area contributed by atoms with Gasteiger partial charge in [-0.1, -0.05) is 43.9 Å². The molecule has 0 saturated carbocycles. The predicted octanol–water partition coefficient (Wildman–Crippen LogP) is -1.48. The molecule has 2 aliphatic rings. The molecular weight excluding hydrogens is 430 g/mol. The standard InChI is InChI=1S/C15H19.2ClH.Hf/c1-3-4-8-13-9-6-11-15(13)14-10-5-7-12(14)2;;;/h5,7,11H,3-4,6,8,10H2,1-2H3;2*1H;/q-1;;;/p-2. The molecule has 0 heterocycles. The molecule has 3 heteroatoms. The second-order valence-electron chi connectivity index (χ2n) is 4.35. The summed E-state index contributed by atoms with van der Waals surface area (Å²) in [7, 11) is 0. The third-order valence-corrected chi connectivity index (χ3v) is 3.22. The van der Waals surface area contributed by atoms with Gasteiger partial charge in [0.25, 0.3) is 0 Å². The fourth-order valence-corrected chi connectivity index (χ4v) is 2.31. The third-order valence-electron chi connectivity index (χ3n) is 3.22. The van der Waals surface area contributed by atoms with Crippen molar-refractivity contribution in [3.05, 3.63) is 46.6 Å². The summed E-state index contributed by atoms with van der Waals surface area (Å²) in [6.07, 6.45) is 16.3. The van der Waals surface area contributed by atoms with Crippen LogP contribution in [0, 0.1) is 6.08 Å². The second kappa shape index (κ2) is 10.2. The maximum absolute atomic E-state index is 3.50. The number of hydrogen-bond donors (Lipinski definition) is 0. The Balaban J connectivity index is 0. The van der Waals surface area contributed by atoms with Crippen molar-refractivity contribution in [3.8, 4) is 0 Å². The van der Waals surface area contributed by atoms with E-state index in [9.17, 15) is 0 Å². The summed E-state index contributed by atoms with van der Waals surface area (Å²) >= 11 is 0. The van der Waals surface area contributed by atoms with E-state index < -0.39 is 0 Å². The minimum Gasteiger partial charge on any atom is -1.00 e. The van der Waals surface area contributed by atoms with Gasteiger partial charge in [0.2, 0.25) is 0 Å². The summed E-state index contributed by atoms with van der Waals surface area (Å²) in [5.74, 6) is 0. The minimum atomic E-state index is 0. The van der Waals surface area contributed by atoms with E-state index in [1.165, 1.54) is 41.6 Å². The zero-order valence-corrected chi connectivity index (χ0v) is 16.1. The second-order valence-corrected chi connectivity index (χ2v) is 4.35. The summed E-state index contributed by atoms with van der Waals surface area (Å²) in [5.41, 5.74) is 5.94. The predicted molar refractivity (Wildman–Crippen MR) is 65.4 cm³/mol. The molecule has 0 aromatic carbocycles. The number of unbranched alkanes of at least 4 members (excludes halogenated alkanes) is 1. The largest absolute Gasteiger partial charge is 1.00 e. The van der Waals surface area contributed by atoms with Crippen LogP contribution in [0.25, 0.3) is 0 Å². The number of hydrogen-bond acceptors (Lipinski definition) is 0. The first-order valence-corrected chi connectivity index (χ1v) is 5.99. The molecule has 0 fully saturated rings. The fourth-order valence-electron chi connectivity index (χ4n) is 2.31. The molecule has 2 rings (SSSR count). The van der Waals surface area contributed by atoms with Crippen molar-refractivity contribution in [2.75, 3.05) is 0 Å². The van der Waals surface area contributed by atoms with E-state index in [0.717, 1.165) is 12.8 Å². The van der Waals surface area contributed by atoms with Gasteiger partial charge in [0.05, 0.1) is 0 Å². The maximum Gasteiger partial charge on any atom is 0 e. The van der Waals surface area contributed by atoms with Gasteiger partial charge >= 0.3 is 0 Å². The van der Waals surface area contributed by atoms with Gasteiger partial charge in [0.15, 0.2) is 0 Å². The van der Waals surface area contributed by atoms with Crippen molar-refractivity contribution >= 4 is 0 Å². The Morgan fingerprint density at radius 2 is 2.00 bits per heavy atom. The first-order chi connectivity index (χ1) is 7.33. The zero-order valence-electron chi connectivity index (χ0n) is 11.0. The molecule has 0 nitrogen and oxygen atoms in total. The average molecular weight is 449 g/mol. The summed E-state index contributed by atoms with van der Waals surface area (Å²) in [6, 6.07) is 0. The van der Waals surface area contributed by atoms with Gasteiger partial charge in [-0.05, 0) is 13.3 Å². The van der Waals surface area contributed by atoms with Gasteiger partial charge < -0.3 is 24.8 Å². The van der Waals surface area contributed by atoms with Crippen LogP contribution < -0.4 is 24.8 Å².